The first-order valence-electron chi connectivity index (χ1n) is 5.84. The number of aromatic amines is 1. The number of hydrogen-bond donors (Lipinski definition) is 1. The zero-order valence-electron chi connectivity index (χ0n) is 10.5. The molecule has 0 aromatic carbocycles. The van der Waals surface area contributed by atoms with Gasteiger partial charge in [-0.3, -0.25) is 14.8 Å². The van der Waals surface area contributed by atoms with E-state index in [1.54, 1.807) is 4.90 Å². The number of carbonyl (C=O) groups is 1. The van der Waals surface area contributed by atoms with Crippen LogP contribution in [0.2, 0.25) is 0 Å². The Kier molecular flexibility index (Phi) is 3.30. The van der Waals surface area contributed by atoms with Crippen molar-refractivity contribution in [2.45, 2.75) is 32.6 Å². The van der Waals surface area contributed by atoms with Gasteiger partial charge in [0, 0.05) is 35.5 Å². The van der Waals surface area contributed by atoms with Crippen molar-refractivity contribution in [1.82, 2.24) is 10.2 Å². The predicted molar refractivity (Wildman–Crippen MR) is 71.5 cm³/mol. The smallest absolute Gasteiger partial charge is 0.228 e. The Bertz CT molecular complexity index is 422. The molecule has 1 aromatic rings. The lowest BCUT2D eigenvalue weighted by atomic mass is 9.92. The fraction of sp³-hybridized carbons (Fsp3) is 0.667. The summed E-state index contributed by atoms with van der Waals surface area (Å²) in [5.41, 5.74) is 1.09. The Morgan fingerprint density at radius 3 is 2.76 bits per heavy atom. The maximum Gasteiger partial charge on any atom is 0.228 e. The predicted octanol–water partition coefficient (Wildman–Crippen LogP) is 2.46. The molecule has 0 aliphatic carbocycles. The van der Waals surface area contributed by atoms with Crippen molar-refractivity contribution in [2.75, 3.05) is 16.8 Å². The van der Waals surface area contributed by atoms with Crippen LogP contribution in [-0.2, 0) is 10.2 Å². The number of carbonyl (C=O) groups excluding carboxylic acids is 1. The van der Waals surface area contributed by atoms with Crippen molar-refractivity contribution in [2.24, 2.45) is 5.92 Å². The summed E-state index contributed by atoms with van der Waals surface area (Å²) >= 11 is 3.43. The Balaban J connectivity index is 2.19. The van der Waals surface area contributed by atoms with Crippen molar-refractivity contribution in [1.29, 1.82) is 0 Å². The van der Waals surface area contributed by atoms with Gasteiger partial charge in [-0.05, 0) is 5.92 Å². The van der Waals surface area contributed by atoms with Crippen LogP contribution in [0.1, 0.15) is 32.9 Å². The fourth-order valence-electron chi connectivity index (χ4n) is 1.94. The number of alkyl halides is 1. The summed E-state index contributed by atoms with van der Waals surface area (Å²) in [7, 11) is 0. The van der Waals surface area contributed by atoms with Crippen LogP contribution in [0.4, 0.5) is 5.82 Å². The van der Waals surface area contributed by atoms with E-state index >= 15 is 0 Å². The van der Waals surface area contributed by atoms with Gasteiger partial charge in [0.05, 0.1) is 0 Å². The Morgan fingerprint density at radius 2 is 2.29 bits per heavy atom. The van der Waals surface area contributed by atoms with Gasteiger partial charge >= 0.3 is 0 Å². The van der Waals surface area contributed by atoms with Crippen molar-refractivity contribution in [3.8, 4) is 0 Å². The number of H-pyrrole nitrogens is 1. The molecule has 2 rings (SSSR count). The first-order chi connectivity index (χ1) is 7.91. The number of nitrogens with one attached hydrogen (secondary N) is 1. The summed E-state index contributed by atoms with van der Waals surface area (Å²) in [6, 6.07) is 1.98. The van der Waals surface area contributed by atoms with Crippen LogP contribution in [0.3, 0.4) is 0 Å². The normalized spacial score (nSPS) is 21.3. The number of amides is 1. The van der Waals surface area contributed by atoms with E-state index in [2.05, 4.69) is 46.9 Å². The molecule has 1 saturated heterocycles. The maximum atomic E-state index is 11.9. The minimum absolute atomic E-state index is 0.0306. The highest BCUT2D eigenvalue weighted by Crippen LogP contribution is 2.28. The molecular formula is C12H18BrN3O. The van der Waals surface area contributed by atoms with E-state index in [0.717, 1.165) is 23.4 Å². The monoisotopic (exact) mass is 299 g/mol. The molecule has 1 aliphatic rings. The van der Waals surface area contributed by atoms with Gasteiger partial charge in [0.2, 0.25) is 5.91 Å². The van der Waals surface area contributed by atoms with Gasteiger partial charge in [-0.2, -0.15) is 5.10 Å². The topological polar surface area (TPSA) is 49.0 Å². The van der Waals surface area contributed by atoms with E-state index in [0.29, 0.717) is 12.3 Å². The zero-order chi connectivity index (χ0) is 12.6. The number of halogens is 1. The molecule has 0 spiro atoms. The van der Waals surface area contributed by atoms with E-state index in [1.807, 2.05) is 6.07 Å². The molecule has 17 heavy (non-hydrogen) atoms. The Labute approximate surface area is 110 Å². The van der Waals surface area contributed by atoms with Crippen LogP contribution in [0.25, 0.3) is 0 Å². The summed E-state index contributed by atoms with van der Waals surface area (Å²) in [5.74, 6) is 1.32. The number of rotatable bonds is 2. The van der Waals surface area contributed by atoms with Gasteiger partial charge in [-0.15, -0.1) is 0 Å². The third-order valence-corrected chi connectivity index (χ3v) is 3.99. The molecular weight excluding hydrogens is 282 g/mol. The number of anilines is 1. The summed E-state index contributed by atoms with van der Waals surface area (Å²) in [6.07, 6.45) is 0.614. The van der Waals surface area contributed by atoms with Gasteiger partial charge in [0.15, 0.2) is 5.82 Å². The van der Waals surface area contributed by atoms with Crippen LogP contribution in [0.15, 0.2) is 6.07 Å². The fourth-order valence-corrected chi connectivity index (χ4v) is 2.37. The van der Waals surface area contributed by atoms with E-state index in [4.69, 9.17) is 0 Å². The minimum Gasteiger partial charge on any atom is -0.295 e. The third kappa shape index (κ3) is 2.54. The van der Waals surface area contributed by atoms with Gasteiger partial charge in [0.1, 0.15) is 0 Å². The molecule has 0 saturated carbocycles. The largest absolute Gasteiger partial charge is 0.295 e. The summed E-state index contributed by atoms with van der Waals surface area (Å²) in [4.78, 5) is 13.6. The van der Waals surface area contributed by atoms with Gasteiger partial charge in [0.25, 0.3) is 0 Å². The third-order valence-electron chi connectivity index (χ3n) is 3.07. The van der Waals surface area contributed by atoms with E-state index < -0.39 is 0 Å². The highest BCUT2D eigenvalue weighted by atomic mass is 79.9. The molecule has 1 fully saturated rings. The first kappa shape index (κ1) is 12.6. The summed E-state index contributed by atoms with van der Waals surface area (Å²) < 4.78 is 0. The van der Waals surface area contributed by atoms with E-state index in [-0.39, 0.29) is 11.3 Å². The average molecular weight is 300 g/mol. The number of hydrogen-bond acceptors (Lipinski definition) is 2. The molecule has 94 valence electrons. The first-order valence-corrected chi connectivity index (χ1v) is 6.96. The summed E-state index contributed by atoms with van der Waals surface area (Å²) in [5, 5.41) is 8.14. The van der Waals surface area contributed by atoms with E-state index in [1.165, 1.54) is 0 Å². The minimum atomic E-state index is 0.0306. The molecule has 1 unspecified atom stereocenters. The molecule has 4 nitrogen and oxygen atoms in total. The molecule has 1 aromatic heterocycles. The number of aromatic nitrogens is 2. The summed E-state index contributed by atoms with van der Waals surface area (Å²) in [6.45, 7) is 7.13. The van der Waals surface area contributed by atoms with E-state index in [9.17, 15) is 4.79 Å². The molecule has 0 bridgehead atoms. The highest BCUT2D eigenvalue weighted by molar-refractivity contribution is 9.09. The molecule has 2 heterocycles. The lowest BCUT2D eigenvalue weighted by Gasteiger charge is -2.15. The lowest BCUT2D eigenvalue weighted by molar-refractivity contribution is -0.117. The quantitative estimate of drug-likeness (QED) is 0.853. The van der Waals surface area contributed by atoms with Crippen molar-refractivity contribution in [3.05, 3.63) is 11.8 Å². The molecule has 0 radical (unpaired) electrons. The van der Waals surface area contributed by atoms with Crippen molar-refractivity contribution in [3.63, 3.8) is 0 Å². The average Bonchev–Trinajstić information content (AvgIpc) is 2.82. The molecule has 1 N–H and O–H groups in total. The molecule has 5 heteroatoms. The van der Waals surface area contributed by atoms with Gasteiger partial charge < -0.3 is 0 Å². The zero-order valence-corrected chi connectivity index (χ0v) is 12.0. The Hall–Kier alpha value is -0.840. The molecule has 1 amide bonds. The van der Waals surface area contributed by atoms with Crippen LogP contribution in [-0.4, -0.2) is 28.0 Å². The van der Waals surface area contributed by atoms with Gasteiger partial charge in [-0.25, -0.2) is 0 Å². The van der Waals surface area contributed by atoms with Crippen LogP contribution < -0.4 is 4.90 Å². The highest BCUT2D eigenvalue weighted by Gasteiger charge is 2.31. The maximum absolute atomic E-state index is 11.9. The second-order valence-electron chi connectivity index (χ2n) is 5.62. The second-order valence-corrected chi connectivity index (χ2v) is 6.27. The van der Waals surface area contributed by atoms with Crippen LogP contribution in [0, 0.1) is 5.92 Å². The Morgan fingerprint density at radius 1 is 1.59 bits per heavy atom. The van der Waals surface area contributed by atoms with Crippen molar-refractivity contribution < 1.29 is 4.79 Å². The number of nitrogens with zero attached hydrogens (tertiary/aromatic N) is 2. The van der Waals surface area contributed by atoms with Crippen LogP contribution >= 0.6 is 15.9 Å². The second kappa shape index (κ2) is 4.44. The lowest BCUT2D eigenvalue weighted by Crippen LogP contribution is -2.25. The van der Waals surface area contributed by atoms with Gasteiger partial charge in [-0.1, -0.05) is 36.7 Å². The standard InChI is InChI=1S/C12H18BrN3O/c1-12(2,3)9-5-10(15-14-9)16-7-8(6-13)4-11(16)17/h5,8H,4,6-7H2,1-3H3,(H,14,15). The SMILES string of the molecule is CC(C)(C)c1cc(N2CC(CBr)CC2=O)n[nH]1. The molecule has 1 aliphatic heterocycles. The molecule has 1 atom stereocenters. The van der Waals surface area contributed by atoms with Crippen molar-refractivity contribution >= 4 is 27.7 Å². The van der Waals surface area contributed by atoms with Crippen LogP contribution in [0.5, 0.6) is 0 Å².